The molecule has 0 bridgehead atoms. The summed E-state index contributed by atoms with van der Waals surface area (Å²) >= 11 is 0. The average molecular weight is 1210 g/mol. The van der Waals surface area contributed by atoms with Crippen LogP contribution in [0.25, 0.3) is 122 Å². The van der Waals surface area contributed by atoms with Crippen molar-refractivity contribution in [1.29, 1.82) is 0 Å². The minimum absolute atomic E-state index is 0. The molecule has 0 N–H and O–H groups in total. The predicted octanol–water partition coefficient (Wildman–Crippen LogP) is 17.7. The van der Waals surface area contributed by atoms with Crippen LogP contribution in [0.3, 0.4) is 0 Å². The summed E-state index contributed by atoms with van der Waals surface area (Å²) in [5.41, 5.74) is 8.32. The molecule has 0 atom stereocenters. The maximum atomic E-state index is 9.24. The van der Waals surface area contributed by atoms with E-state index in [9.17, 15) is 5.48 Å². The third-order valence-electron chi connectivity index (χ3n) is 14.5. The van der Waals surface area contributed by atoms with E-state index in [1.54, 1.807) is 33.4 Å². The second kappa shape index (κ2) is 19.3. The van der Waals surface area contributed by atoms with Crippen LogP contribution in [-0.2, 0) is 26.5 Å². The van der Waals surface area contributed by atoms with E-state index in [0.29, 0.717) is 45.2 Å². The zero-order chi connectivity index (χ0) is 60.1. The van der Waals surface area contributed by atoms with Gasteiger partial charge in [0, 0.05) is 50.4 Å². The molecule has 0 spiro atoms. The Morgan fingerprint density at radius 3 is 1.90 bits per heavy atom. The van der Waals surface area contributed by atoms with Gasteiger partial charge in [-0.2, -0.15) is 18.2 Å². The van der Waals surface area contributed by atoms with Crippen LogP contribution in [0, 0.1) is 25.9 Å². The van der Waals surface area contributed by atoms with Gasteiger partial charge in [0.25, 0.3) is 6.33 Å². The van der Waals surface area contributed by atoms with Gasteiger partial charge in [0.1, 0.15) is 17.0 Å². The smallest absolute Gasteiger partial charge is 0.510 e. The van der Waals surface area contributed by atoms with Crippen molar-refractivity contribution in [1.82, 2.24) is 18.7 Å². The molecule has 8 heteroatoms. The first-order chi connectivity index (χ1) is 42.0. The molecule has 15 aromatic rings. The second-order valence-electron chi connectivity index (χ2n) is 20.0. The monoisotopic (exact) mass is 1210 g/mol. The van der Waals surface area contributed by atoms with Crippen molar-refractivity contribution in [2.24, 2.45) is 0 Å². The predicted molar refractivity (Wildman–Crippen MR) is 318 cm³/mol. The molecule has 0 amide bonds. The number of ether oxygens (including phenoxy) is 1. The normalized spacial score (nSPS) is 13.6. The van der Waals surface area contributed by atoms with Crippen LogP contribution in [-0.4, -0.2) is 18.7 Å². The van der Waals surface area contributed by atoms with Crippen molar-refractivity contribution >= 4 is 76.6 Å². The maximum Gasteiger partial charge on any atom is 4.00 e. The van der Waals surface area contributed by atoms with Crippen LogP contribution < -0.4 is 9.30 Å². The molecule has 79 heavy (non-hydrogen) atoms. The third kappa shape index (κ3) is 8.06. The van der Waals surface area contributed by atoms with Crippen molar-refractivity contribution in [2.75, 3.05) is 0 Å². The minimum atomic E-state index is -0.591. The molecule has 5 aromatic heterocycles. The summed E-state index contributed by atoms with van der Waals surface area (Å²) in [6, 6.07) is 54.6. The van der Waals surface area contributed by atoms with Crippen molar-refractivity contribution in [2.45, 2.75) is 26.2 Å². The van der Waals surface area contributed by atoms with Gasteiger partial charge in [-0.25, -0.2) is 4.98 Å². The average Bonchev–Trinajstić information content (AvgIpc) is 1.65. The summed E-state index contributed by atoms with van der Waals surface area (Å²) in [6.45, 7) is 6.54. The van der Waals surface area contributed by atoms with Gasteiger partial charge < -0.3 is 30.3 Å². The van der Waals surface area contributed by atoms with E-state index in [4.69, 9.17) is 22.4 Å². The van der Waals surface area contributed by atoms with Gasteiger partial charge in [-0.1, -0.05) is 171 Å². The third-order valence-corrected chi connectivity index (χ3v) is 14.5. The molecule has 0 aliphatic carbocycles. The Bertz CT molecular complexity index is 5270. The number of imidazole rings is 1. The molecule has 0 unspecified atom stereocenters. The summed E-state index contributed by atoms with van der Waals surface area (Å²) in [7, 11) is 0. The molecule has 380 valence electrons. The number of benzene rings is 10. The number of hydrogen-bond acceptors (Lipinski definition) is 3. The Labute approximate surface area is 486 Å². The molecule has 0 aliphatic rings. The van der Waals surface area contributed by atoms with Crippen LogP contribution in [0.4, 0.5) is 0 Å². The van der Waals surface area contributed by atoms with E-state index in [2.05, 4.69) is 127 Å². The molecule has 0 saturated carbocycles. The Hall–Kier alpha value is -9.29. The van der Waals surface area contributed by atoms with Gasteiger partial charge in [0.05, 0.1) is 41.5 Å². The summed E-state index contributed by atoms with van der Waals surface area (Å²) in [5, 5.41) is 5.74. The SMILES string of the molecule is [2H]c1c([2H])c([2H])c(-c2cccc(-c3c([2H])c([2H])c([2H])c([2H])c3[2H])c2-[n+]2[c-]n(-c3[c-]c(Oc4[c-]c5c(cc4)c4c(-n6c7ccccc7c7ccccc76)cccc4n5-c4cc(C(C)(C)C)ccn4)ccc3)c3cc4oc5ccccc5c4cc32)c([2H])c1[2H].[CH3-].[Pt+4]. The minimum Gasteiger partial charge on any atom is -0.510 e. The molecule has 0 saturated heterocycles. The summed E-state index contributed by atoms with van der Waals surface area (Å²) in [5.74, 6) is 1.42. The topological polar surface area (TPSA) is 53.9 Å². The zero-order valence-electron chi connectivity index (χ0n) is 53.0. The summed E-state index contributed by atoms with van der Waals surface area (Å²) < 4.78 is 110. The molecule has 0 fully saturated rings. The molecule has 0 radical (unpaired) electrons. The standard InChI is InChI=1S/C70H47N5O2.CH3.Pt/c1-70(2,3)47-37-38-71-67(39-47)75-61-33-18-32-60(74-58-30-13-10-25-53(58)54-26-11-14-31-59(54)74)68(61)56-36-35-50(41-62(56)75)76-49-24-16-23-48(40-49)72-44-73(63-42-57-55-27-12-15-34-65(55)77-66(57)43-64(63)72)69-51(45-19-6-4-7-20-45)28-17-29-52(69)46-21-8-5-9-22-46;;/h4-39,42-43H,1-3H3;1H3;/q-2;-1;+4/i4D,5D,6D,7D,8D,9D,19D,20D,21D,22D;;. The number of aromatic nitrogens is 5. The fraction of sp³-hybridized carbons (Fsp3) is 0.0563. The molecular weight excluding hydrogens is 1150 g/mol. The number of fused-ring (bicyclic) bond motifs is 10. The van der Waals surface area contributed by atoms with Crippen molar-refractivity contribution in [3.63, 3.8) is 0 Å². The molecule has 5 heterocycles. The Kier molecular flexibility index (Phi) is 9.57. The number of para-hydroxylation sites is 4. The van der Waals surface area contributed by atoms with Gasteiger partial charge in [-0.3, -0.25) is 4.57 Å². The summed E-state index contributed by atoms with van der Waals surface area (Å²) in [4.78, 5) is 5.00. The molecule has 10 aromatic carbocycles. The number of furan rings is 1. The zero-order valence-corrected chi connectivity index (χ0v) is 45.3. The van der Waals surface area contributed by atoms with Crippen molar-refractivity contribution < 1.29 is 48.5 Å². The Morgan fingerprint density at radius 1 is 0.557 bits per heavy atom. The van der Waals surface area contributed by atoms with E-state index in [-0.39, 0.29) is 61.8 Å². The second-order valence-corrected chi connectivity index (χ2v) is 20.0. The van der Waals surface area contributed by atoms with E-state index in [1.807, 2.05) is 66.9 Å². The van der Waals surface area contributed by atoms with Crippen molar-refractivity contribution in [3.05, 3.63) is 262 Å². The van der Waals surface area contributed by atoms with E-state index >= 15 is 0 Å². The molecule has 15 rings (SSSR count). The quantitative estimate of drug-likeness (QED) is 0.113. The van der Waals surface area contributed by atoms with Gasteiger partial charge in [0.15, 0.2) is 0 Å². The Balaban J connectivity index is 0.00000364. The first-order valence-electron chi connectivity index (χ1n) is 30.2. The van der Waals surface area contributed by atoms with Crippen LogP contribution in [0.5, 0.6) is 11.5 Å². The largest absolute Gasteiger partial charge is 4.00 e. The van der Waals surface area contributed by atoms with Gasteiger partial charge >= 0.3 is 21.1 Å². The van der Waals surface area contributed by atoms with Crippen LogP contribution in [0.1, 0.15) is 40.0 Å². The van der Waals surface area contributed by atoms with Crippen LogP contribution in [0.15, 0.2) is 235 Å². The Morgan fingerprint density at radius 2 is 1.19 bits per heavy atom. The number of hydrogen-bond donors (Lipinski definition) is 0. The van der Waals surface area contributed by atoms with Crippen molar-refractivity contribution in [3.8, 4) is 56.6 Å². The van der Waals surface area contributed by atoms with Gasteiger partial charge in [-0.05, 0) is 98.9 Å². The number of pyridine rings is 1. The van der Waals surface area contributed by atoms with Gasteiger partial charge in [0.2, 0.25) is 0 Å². The molecule has 0 aliphatic heterocycles. The van der Waals surface area contributed by atoms with Crippen LogP contribution in [0.2, 0.25) is 0 Å². The van der Waals surface area contributed by atoms with Crippen LogP contribution >= 0.6 is 0 Å². The number of nitrogens with zero attached hydrogens (tertiary/aromatic N) is 5. The van der Waals surface area contributed by atoms with E-state index in [1.165, 1.54) is 0 Å². The fourth-order valence-electron chi connectivity index (χ4n) is 11.0. The number of rotatable bonds is 8. The first kappa shape index (κ1) is 39.1. The maximum absolute atomic E-state index is 9.24. The van der Waals surface area contributed by atoms with Gasteiger partial charge in [-0.15, -0.1) is 24.3 Å². The summed E-state index contributed by atoms with van der Waals surface area (Å²) in [6.07, 6.45) is 5.35. The van der Waals surface area contributed by atoms with E-state index < -0.39 is 60.4 Å². The van der Waals surface area contributed by atoms with E-state index in [0.717, 1.165) is 65.6 Å². The first-order valence-corrected chi connectivity index (χ1v) is 25.2. The molecule has 7 nitrogen and oxygen atoms in total. The molecular formula is C71H50N5O2Pt+. The fourth-order valence-corrected chi connectivity index (χ4v) is 11.0.